The second-order valence-corrected chi connectivity index (χ2v) is 7.58. The van der Waals surface area contributed by atoms with E-state index in [2.05, 4.69) is 43.3 Å². The van der Waals surface area contributed by atoms with E-state index in [-0.39, 0.29) is 11.3 Å². The number of carbonyl (C=O) groups excluding carboxylic acids is 1. The van der Waals surface area contributed by atoms with Gasteiger partial charge >= 0.3 is 0 Å². The summed E-state index contributed by atoms with van der Waals surface area (Å²) in [6.07, 6.45) is 0. The zero-order valence-electron chi connectivity index (χ0n) is 12.6. The summed E-state index contributed by atoms with van der Waals surface area (Å²) in [4.78, 5) is 15.5. The first-order chi connectivity index (χ1) is 10.8. The van der Waals surface area contributed by atoms with Crippen molar-refractivity contribution in [2.75, 3.05) is 11.5 Å². The summed E-state index contributed by atoms with van der Waals surface area (Å²) < 4.78 is 0. The molecule has 0 aromatic heterocycles. The van der Waals surface area contributed by atoms with Crippen molar-refractivity contribution in [2.24, 2.45) is 0 Å². The third-order valence-electron chi connectivity index (χ3n) is 3.64. The quantitative estimate of drug-likeness (QED) is 0.749. The molecule has 0 saturated carbocycles. The lowest BCUT2D eigenvalue weighted by molar-refractivity contribution is -0.128. The fourth-order valence-corrected chi connectivity index (χ4v) is 4.43. The molecule has 0 radical (unpaired) electrons. The van der Waals surface area contributed by atoms with Crippen LogP contribution in [-0.2, 0) is 11.3 Å². The van der Waals surface area contributed by atoms with Gasteiger partial charge in [0.05, 0.1) is 5.75 Å². The third kappa shape index (κ3) is 3.50. The molecule has 1 unspecified atom stereocenters. The Bertz CT molecular complexity index is 627. The van der Waals surface area contributed by atoms with Crippen molar-refractivity contribution in [3.8, 4) is 0 Å². The van der Waals surface area contributed by atoms with Gasteiger partial charge in [-0.15, -0.1) is 23.5 Å². The van der Waals surface area contributed by atoms with Crippen LogP contribution in [0.15, 0.2) is 59.5 Å². The molecule has 114 valence electrons. The Balaban J connectivity index is 1.78. The maximum Gasteiger partial charge on any atom is 0.234 e. The van der Waals surface area contributed by atoms with Crippen LogP contribution in [-0.4, -0.2) is 22.3 Å². The van der Waals surface area contributed by atoms with Crippen LogP contribution in [0.3, 0.4) is 0 Å². The maximum atomic E-state index is 12.2. The second kappa shape index (κ2) is 7.25. The summed E-state index contributed by atoms with van der Waals surface area (Å²) in [5.41, 5.74) is 2.40. The van der Waals surface area contributed by atoms with Gasteiger partial charge in [0.1, 0.15) is 5.37 Å². The van der Waals surface area contributed by atoms with Gasteiger partial charge in [0.15, 0.2) is 0 Å². The molecule has 0 N–H and O–H groups in total. The van der Waals surface area contributed by atoms with Crippen LogP contribution in [0, 0.1) is 0 Å². The largest absolute Gasteiger partial charge is 0.322 e. The van der Waals surface area contributed by atoms with Gasteiger partial charge in [-0.25, -0.2) is 0 Å². The molecule has 3 rings (SSSR count). The van der Waals surface area contributed by atoms with Gasteiger partial charge in [0.2, 0.25) is 5.91 Å². The molecule has 1 atom stereocenters. The lowest BCUT2D eigenvalue weighted by Gasteiger charge is -2.24. The van der Waals surface area contributed by atoms with Crippen molar-refractivity contribution in [3.05, 3.63) is 65.7 Å². The molecule has 1 saturated heterocycles. The van der Waals surface area contributed by atoms with E-state index in [9.17, 15) is 4.79 Å². The Morgan fingerprint density at radius 3 is 2.55 bits per heavy atom. The Hall–Kier alpha value is -1.39. The van der Waals surface area contributed by atoms with Crippen molar-refractivity contribution < 1.29 is 4.79 Å². The lowest BCUT2D eigenvalue weighted by Crippen LogP contribution is -2.27. The fourth-order valence-electron chi connectivity index (χ4n) is 2.58. The molecule has 0 aliphatic carbocycles. The summed E-state index contributed by atoms with van der Waals surface area (Å²) in [5, 5.41) is 0.133. The van der Waals surface area contributed by atoms with Crippen molar-refractivity contribution in [3.63, 3.8) is 0 Å². The molecule has 2 aromatic rings. The fraction of sp³-hybridized carbons (Fsp3) is 0.278. The van der Waals surface area contributed by atoms with Crippen molar-refractivity contribution in [1.82, 2.24) is 4.90 Å². The minimum absolute atomic E-state index is 0.133. The van der Waals surface area contributed by atoms with Gasteiger partial charge in [0.25, 0.3) is 0 Å². The molecule has 1 amide bonds. The topological polar surface area (TPSA) is 20.3 Å². The van der Waals surface area contributed by atoms with E-state index in [4.69, 9.17) is 0 Å². The predicted octanol–water partition coefficient (Wildman–Crippen LogP) is 4.57. The van der Waals surface area contributed by atoms with Crippen LogP contribution in [0.2, 0.25) is 0 Å². The van der Waals surface area contributed by atoms with E-state index in [0.29, 0.717) is 12.3 Å². The van der Waals surface area contributed by atoms with E-state index in [1.54, 1.807) is 11.8 Å². The summed E-state index contributed by atoms with van der Waals surface area (Å²) in [7, 11) is 0. The van der Waals surface area contributed by atoms with Crippen LogP contribution in [0.5, 0.6) is 0 Å². The monoisotopic (exact) mass is 329 g/mol. The van der Waals surface area contributed by atoms with Gasteiger partial charge in [-0.3, -0.25) is 4.79 Å². The van der Waals surface area contributed by atoms with E-state index < -0.39 is 0 Å². The molecule has 4 heteroatoms. The molecule has 1 aliphatic rings. The molecule has 1 aliphatic heterocycles. The summed E-state index contributed by atoms with van der Waals surface area (Å²) in [6, 6.07) is 18.8. The van der Waals surface area contributed by atoms with Gasteiger partial charge in [-0.1, -0.05) is 49.4 Å². The number of nitrogens with zero attached hydrogens (tertiary/aromatic N) is 1. The molecule has 22 heavy (non-hydrogen) atoms. The SMILES string of the molecule is CCSc1ccc(C2SCC(=O)N2Cc2ccccc2)cc1. The van der Waals surface area contributed by atoms with Crippen molar-refractivity contribution in [2.45, 2.75) is 23.7 Å². The molecule has 1 heterocycles. The first-order valence-corrected chi connectivity index (χ1v) is 9.49. The Morgan fingerprint density at radius 2 is 1.86 bits per heavy atom. The van der Waals surface area contributed by atoms with Crippen molar-refractivity contribution in [1.29, 1.82) is 0 Å². The Morgan fingerprint density at radius 1 is 1.14 bits per heavy atom. The van der Waals surface area contributed by atoms with Crippen LogP contribution in [0.25, 0.3) is 0 Å². The number of rotatable bonds is 5. The van der Waals surface area contributed by atoms with Gasteiger partial charge in [0, 0.05) is 11.4 Å². The van der Waals surface area contributed by atoms with Crippen LogP contribution >= 0.6 is 23.5 Å². The maximum absolute atomic E-state index is 12.2. The molecular formula is C18H19NOS2. The number of hydrogen-bond acceptors (Lipinski definition) is 3. The van der Waals surface area contributed by atoms with Gasteiger partial charge in [-0.05, 0) is 29.0 Å². The van der Waals surface area contributed by atoms with E-state index in [1.165, 1.54) is 16.0 Å². The standard InChI is InChI=1S/C18H19NOS2/c1-2-21-16-10-8-15(9-11-16)18-19(17(20)13-22-18)12-14-6-4-3-5-7-14/h3-11,18H,2,12-13H2,1H3. The van der Waals surface area contributed by atoms with E-state index in [1.807, 2.05) is 34.9 Å². The summed E-state index contributed by atoms with van der Waals surface area (Å²) >= 11 is 3.56. The number of benzene rings is 2. The average molecular weight is 329 g/mol. The van der Waals surface area contributed by atoms with Gasteiger partial charge < -0.3 is 4.90 Å². The minimum Gasteiger partial charge on any atom is -0.322 e. The second-order valence-electron chi connectivity index (χ2n) is 5.17. The molecular weight excluding hydrogens is 310 g/mol. The number of hydrogen-bond donors (Lipinski definition) is 0. The molecule has 0 bridgehead atoms. The zero-order chi connectivity index (χ0) is 15.4. The number of amides is 1. The normalized spacial score (nSPS) is 18.0. The zero-order valence-corrected chi connectivity index (χ0v) is 14.2. The van der Waals surface area contributed by atoms with Crippen LogP contribution < -0.4 is 0 Å². The molecule has 0 spiro atoms. The minimum atomic E-state index is 0.133. The van der Waals surface area contributed by atoms with Gasteiger partial charge in [-0.2, -0.15) is 0 Å². The highest BCUT2D eigenvalue weighted by atomic mass is 32.2. The predicted molar refractivity (Wildman–Crippen MR) is 95.0 cm³/mol. The molecule has 2 nitrogen and oxygen atoms in total. The Labute approximate surface area is 140 Å². The smallest absolute Gasteiger partial charge is 0.234 e. The summed E-state index contributed by atoms with van der Waals surface area (Å²) in [6.45, 7) is 2.84. The third-order valence-corrected chi connectivity index (χ3v) is 5.79. The highest BCUT2D eigenvalue weighted by Gasteiger charge is 2.32. The first kappa shape index (κ1) is 15.5. The first-order valence-electron chi connectivity index (χ1n) is 7.45. The van der Waals surface area contributed by atoms with Crippen molar-refractivity contribution >= 4 is 29.4 Å². The van der Waals surface area contributed by atoms with E-state index >= 15 is 0 Å². The van der Waals surface area contributed by atoms with Crippen LogP contribution in [0.4, 0.5) is 0 Å². The summed E-state index contributed by atoms with van der Waals surface area (Å²) in [5.74, 6) is 1.88. The van der Waals surface area contributed by atoms with Crippen LogP contribution in [0.1, 0.15) is 23.4 Å². The molecule has 1 fully saturated rings. The van der Waals surface area contributed by atoms with E-state index in [0.717, 1.165) is 5.75 Å². The highest BCUT2D eigenvalue weighted by molar-refractivity contribution is 8.00. The lowest BCUT2D eigenvalue weighted by atomic mass is 10.1. The number of carbonyl (C=O) groups is 1. The molecule has 2 aromatic carbocycles. The highest BCUT2D eigenvalue weighted by Crippen LogP contribution is 2.39. The Kier molecular flexibility index (Phi) is 5.11. The average Bonchev–Trinajstić information content (AvgIpc) is 2.91. The number of thioether (sulfide) groups is 2.